The Hall–Kier alpha value is -1.49. The first-order chi connectivity index (χ1) is 6.59. The van der Waals surface area contributed by atoms with Crippen molar-refractivity contribution in [2.75, 3.05) is 0 Å². The summed E-state index contributed by atoms with van der Waals surface area (Å²) in [5.41, 5.74) is 0.938. The van der Waals surface area contributed by atoms with E-state index in [1.807, 2.05) is 0 Å². The zero-order valence-electron chi connectivity index (χ0n) is 7.60. The van der Waals surface area contributed by atoms with Crippen LogP contribution in [0.15, 0.2) is 24.3 Å². The highest BCUT2D eigenvalue weighted by Gasteiger charge is 2.03. The molecule has 0 unspecified atom stereocenters. The second kappa shape index (κ2) is 4.66. The van der Waals surface area contributed by atoms with E-state index in [0.29, 0.717) is 11.7 Å². The Labute approximate surface area is 86.7 Å². The zero-order valence-corrected chi connectivity index (χ0v) is 8.41. The van der Waals surface area contributed by atoms with Gasteiger partial charge in [0.25, 0.3) is 5.69 Å². The molecule has 1 aromatic rings. The van der Waals surface area contributed by atoms with Gasteiger partial charge in [-0.05, 0) is 29.9 Å². The van der Waals surface area contributed by atoms with Crippen molar-refractivity contribution in [3.8, 4) is 0 Å². The first-order valence-corrected chi connectivity index (χ1v) is 4.37. The molecule has 0 saturated carbocycles. The molecule has 4 nitrogen and oxygen atoms in total. The number of nitro groups is 1. The minimum Gasteiger partial charge on any atom is -0.483 e. The molecular weight excluding hydrogens is 202 g/mol. The van der Waals surface area contributed by atoms with E-state index in [0.717, 1.165) is 5.56 Å². The molecule has 0 amide bonds. The molecule has 1 aromatic carbocycles. The van der Waals surface area contributed by atoms with Crippen molar-refractivity contribution in [1.82, 2.24) is 0 Å². The highest BCUT2D eigenvalue weighted by Crippen LogP contribution is 2.12. The summed E-state index contributed by atoms with van der Waals surface area (Å²) < 4.78 is 5.09. The first kappa shape index (κ1) is 10.6. The average Bonchev–Trinajstić information content (AvgIpc) is 2.15. The van der Waals surface area contributed by atoms with Crippen LogP contribution in [0, 0.1) is 10.1 Å². The normalized spacial score (nSPS) is 9.50. The number of ether oxygens (including phenoxy) is 1. The Kier molecular flexibility index (Phi) is 3.53. The lowest BCUT2D eigenvalue weighted by atomic mass is 10.2. The predicted octanol–water partition coefficient (Wildman–Crippen LogP) is 2.46. The Balaban J connectivity index is 2.64. The molecule has 1 rings (SSSR count). The van der Waals surface area contributed by atoms with Crippen LogP contribution in [-0.2, 0) is 11.3 Å². The van der Waals surface area contributed by atoms with E-state index in [4.69, 9.17) is 17.0 Å². The van der Waals surface area contributed by atoms with Gasteiger partial charge in [-0.2, -0.15) is 0 Å². The number of benzene rings is 1. The van der Waals surface area contributed by atoms with E-state index in [1.54, 1.807) is 19.1 Å². The SMILES string of the molecule is CC(=S)OCc1ccc([N+](=O)[O-])cc1. The molecule has 0 radical (unpaired) electrons. The van der Waals surface area contributed by atoms with Crippen molar-refractivity contribution in [3.05, 3.63) is 39.9 Å². The van der Waals surface area contributed by atoms with Crippen LogP contribution in [0.5, 0.6) is 0 Å². The maximum atomic E-state index is 10.3. The van der Waals surface area contributed by atoms with E-state index in [-0.39, 0.29) is 5.69 Å². The molecule has 14 heavy (non-hydrogen) atoms. The van der Waals surface area contributed by atoms with E-state index < -0.39 is 4.92 Å². The number of non-ortho nitro benzene ring substituents is 1. The van der Waals surface area contributed by atoms with Crippen molar-refractivity contribution < 1.29 is 9.66 Å². The minimum absolute atomic E-state index is 0.0767. The fraction of sp³-hybridized carbons (Fsp3) is 0.222. The summed E-state index contributed by atoms with van der Waals surface area (Å²) in [5.74, 6) is 0. The van der Waals surface area contributed by atoms with E-state index in [1.165, 1.54) is 12.1 Å². The van der Waals surface area contributed by atoms with Crippen molar-refractivity contribution in [2.24, 2.45) is 0 Å². The van der Waals surface area contributed by atoms with Gasteiger partial charge >= 0.3 is 0 Å². The van der Waals surface area contributed by atoms with Gasteiger partial charge in [0.1, 0.15) is 6.61 Å². The molecule has 0 spiro atoms. The summed E-state index contributed by atoms with van der Waals surface area (Å²) in [6, 6.07) is 6.18. The van der Waals surface area contributed by atoms with Crippen LogP contribution in [0.4, 0.5) is 5.69 Å². The molecule has 0 aliphatic rings. The van der Waals surface area contributed by atoms with Gasteiger partial charge in [0.2, 0.25) is 0 Å². The molecule has 0 aliphatic carbocycles. The molecular formula is C9H9NO3S. The highest BCUT2D eigenvalue weighted by atomic mass is 32.1. The van der Waals surface area contributed by atoms with Gasteiger partial charge < -0.3 is 4.74 Å². The second-order valence-electron chi connectivity index (χ2n) is 2.70. The zero-order chi connectivity index (χ0) is 10.6. The lowest BCUT2D eigenvalue weighted by molar-refractivity contribution is -0.384. The Bertz CT molecular complexity index is 348. The molecule has 5 heteroatoms. The first-order valence-electron chi connectivity index (χ1n) is 3.96. The fourth-order valence-corrected chi connectivity index (χ4v) is 0.958. The number of nitrogens with zero attached hydrogens (tertiary/aromatic N) is 1. The molecule has 0 bridgehead atoms. The number of hydrogen-bond donors (Lipinski definition) is 0. The van der Waals surface area contributed by atoms with Crippen LogP contribution in [-0.4, -0.2) is 9.97 Å². The summed E-state index contributed by atoms with van der Waals surface area (Å²) in [4.78, 5) is 9.90. The predicted molar refractivity (Wildman–Crippen MR) is 56.2 cm³/mol. The largest absolute Gasteiger partial charge is 0.483 e. The third-order valence-electron chi connectivity index (χ3n) is 1.59. The average molecular weight is 211 g/mol. The van der Waals surface area contributed by atoms with Crippen molar-refractivity contribution >= 4 is 23.0 Å². The van der Waals surface area contributed by atoms with Crippen LogP contribution in [0.3, 0.4) is 0 Å². The lowest BCUT2D eigenvalue weighted by Crippen LogP contribution is -1.96. The Morgan fingerprint density at radius 3 is 2.50 bits per heavy atom. The van der Waals surface area contributed by atoms with E-state index >= 15 is 0 Å². The third-order valence-corrected chi connectivity index (χ3v) is 1.71. The molecule has 0 aliphatic heterocycles. The van der Waals surface area contributed by atoms with Gasteiger partial charge in [-0.25, -0.2) is 0 Å². The van der Waals surface area contributed by atoms with Crippen molar-refractivity contribution in [3.63, 3.8) is 0 Å². The van der Waals surface area contributed by atoms with E-state index in [9.17, 15) is 10.1 Å². The van der Waals surface area contributed by atoms with Gasteiger partial charge in [0.05, 0.1) is 4.92 Å². The van der Waals surface area contributed by atoms with Crippen LogP contribution in [0.1, 0.15) is 12.5 Å². The van der Waals surface area contributed by atoms with Gasteiger partial charge in [-0.3, -0.25) is 10.1 Å². The van der Waals surface area contributed by atoms with Crippen LogP contribution in [0.25, 0.3) is 0 Å². The summed E-state index contributed by atoms with van der Waals surface area (Å²) in [6.45, 7) is 2.04. The number of nitro benzene ring substituents is 1. The molecule has 0 aromatic heterocycles. The molecule has 0 saturated heterocycles. The summed E-state index contributed by atoms with van der Waals surface area (Å²) in [6.07, 6.45) is 0. The fourth-order valence-electron chi connectivity index (χ4n) is 0.899. The molecule has 0 atom stereocenters. The maximum Gasteiger partial charge on any atom is 0.269 e. The highest BCUT2D eigenvalue weighted by molar-refractivity contribution is 7.80. The second-order valence-corrected chi connectivity index (χ2v) is 3.28. The minimum atomic E-state index is -0.435. The standard InChI is InChI=1S/C9H9NO3S/c1-7(14)13-6-8-2-4-9(5-3-8)10(11)12/h2-5H,6H2,1H3. The van der Waals surface area contributed by atoms with Crippen LogP contribution >= 0.6 is 12.2 Å². The Morgan fingerprint density at radius 2 is 2.07 bits per heavy atom. The van der Waals surface area contributed by atoms with Crippen molar-refractivity contribution in [1.29, 1.82) is 0 Å². The smallest absolute Gasteiger partial charge is 0.269 e. The quantitative estimate of drug-likeness (QED) is 0.438. The lowest BCUT2D eigenvalue weighted by Gasteiger charge is -2.02. The molecule has 0 heterocycles. The molecule has 0 fully saturated rings. The summed E-state index contributed by atoms with van der Waals surface area (Å²) in [5, 5.41) is 10.8. The van der Waals surface area contributed by atoms with Gasteiger partial charge in [0.15, 0.2) is 5.05 Å². The number of thiocarbonyl (C=S) groups is 1. The summed E-state index contributed by atoms with van der Waals surface area (Å²) in [7, 11) is 0. The van der Waals surface area contributed by atoms with Gasteiger partial charge in [0, 0.05) is 19.1 Å². The van der Waals surface area contributed by atoms with E-state index in [2.05, 4.69) is 0 Å². The van der Waals surface area contributed by atoms with Crippen LogP contribution in [0.2, 0.25) is 0 Å². The number of rotatable bonds is 3. The monoisotopic (exact) mass is 211 g/mol. The van der Waals surface area contributed by atoms with Gasteiger partial charge in [-0.1, -0.05) is 0 Å². The topological polar surface area (TPSA) is 52.4 Å². The maximum absolute atomic E-state index is 10.3. The number of hydrogen-bond acceptors (Lipinski definition) is 4. The third kappa shape index (κ3) is 3.10. The molecule has 0 N–H and O–H groups in total. The van der Waals surface area contributed by atoms with Crippen molar-refractivity contribution in [2.45, 2.75) is 13.5 Å². The Morgan fingerprint density at radius 1 is 1.50 bits per heavy atom. The van der Waals surface area contributed by atoms with Gasteiger partial charge in [-0.15, -0.1) is 0 Å². The summed E-state index contributed by atoms with van der Waals surface area (Å²) >= 11 is 4.73. The molecule has 74 valence electrons. The van der Waals surface area contributed by atoms with Crippen LogP contribution < -0.4 is 0 Å².